The molecule has 66 heavy (non-hydrogen) atoms. The zero-order chi connectivity index (χ0) is 45.2. The molecule has 7 nitrogen and oxygen atoms in total. The molecule has 0 bridgehead atoms. The highest BCUT2D eigenvalue weighted by molar-refractivity contribution is 5.95. The maximum absolute atomic E-state index is 10.4. The molecular formula is C59H43N7. The van der Waals surface area contributed by atoms with Gasteiger partial charge in [0.2, 0.25) is 0 Å². The standard InChI is InChI=1S/C59H43N7/c1-58(2)45-22-10-14-26-50(45)65(51-27-15-11-23-46(51)58)49-33-31-40(42-21-9-8-20-41(42)37-61)35-44(49)57-63-55(39-18-6-5-7-19-39)62-56(64-57)43-32-30-38(36-60)34-54(43)66-52-28-16-12-24-47(52)59(3,4)48-25-13-17-29-53(48)66/h5-35H,1-4H3. The molecule has 0 unspecified atom stereocenters. The quantitative estimate of drug-likeness (QED) is 0.164. The second kappa shape index (κ2) is 15.6. The number of rotatable bonds is 6. The second-order valence-electron chi connectivity index (χ2n) is 17.9. The van der Waals surface area contributed by atoms with Crippen LogP contribution in [0.2, 0.25) is 0 Å². The lowest BCUT2D eigenvalue weighted by atomic mass is 9.73. The van der Waals surface area contributed by atoms with Gasteiger partial charge in [0.05, 0.1) is 57.4 Å². The molecule has 0 aliphatic carbocycles. The van der Waals surface area contributed by atoms with Crippen LogP contribution in [-0.4, -0.2) is 15.0 Å². The van der Waals surface area contributed by atoms with E-state index in [0.29, 0.717) is 28.6 Å². The van der Waals surface area contributed by atoms with Crippen molar-refractivity contribution in [3.8, 4) is 57.4 Å². The molecule has 8 aromatic carbocycles. The van der Waals surface area contributed by atoms with E-state index in [1.54, 1.807) is 0 Å². The summed E-state index contributed by atoms with van der Waals surface area (Å²) >= 11 is 0. The first kappa shape index (κ1) is 40.1. The molecule has 9 aromatic rings. The van der Waals surface area contributed by atoms with Gasteiger partial charge in [0.1, 0.15) is 0 Å². The van der Waals surface area contributed by atoms with E-state index < -0.39 is 0 Å². The fraction of sp³-hybridized carbons (Fsp3) is 0.102. The number of aromatic nitrogens is 3. The molecule has 0 spiro atoms. The Bertz CT molecular complexity index is 3380. The zero-order valence-electron chi connectivity index (χ0n) is 37.0. The van der Waals surface area contributed by atoms with Crippen LogP contribution in [0.3, 0.4) is 0 Å². The van der Waals surface area contributed by atoms with Crippen molar-refractivity contribution in [2.75, 3.05) is 9.80 Å². The number of nitrogens with zero attached hydrogens (tertiary/aromatic N) is 7. The van der Waals surface area contributed by atoms with Gasteiger partial charge in [0, 0.05) is 27.5 Å². The molecule has 0 saturated heterocycles. The van der Waals surface area contributed by atoms with E-state index in [0.717, 1.165) is 61.9 Å². The van der Waals surface area contributed by atoms with Crippen LogP contribution in [0.4, 0.5) is 34.1 Å². The van der Waals surface area contributed by atoms with Gasteiger partial charge in [-0.1, -0.05) is 155 Å². The lowest BCUT2D eigenvalue weighted by Gasteiger charge is -2.42. The van der Waals surface area contributed by atoms with E-state index in [4.69, 9.17) is 15.0 Å². The van der Waals surface area contributed by atoms with Crippen molar-refractivity contribution in [3.05, 3.63) is 221 Å². The van der Waals surface area contributed by atoms with Crippen LogP contribution >= 0.6 is 0 Å². The molecule has 2 aliphatic heterocycles. The Morgan fingerprint density at radius 3 is 1.38 bits per heavy atom. The fourth-order valence-electron chi connectivity index (χ4n) is 10.1. The number of fused-ring (bicyclic) bond motifs is 4. The minimum Gasteiger partial charge on any atom is -0.309 e. The van der Waals surface area contributed by atoms with Gasteiger partial charge >= 0.3 is 0 Å². The van der Waals surface area contributed by atoms with E-state index in [1.807, 2.05) is 72.8 Å². The van der Waals surface area contributed by atoms with Gasteiger partial charge in [-0.3, -0.25) is 0 Å². The Hall–Kier alpha value is -8.65. The number of nitriles is 2. The highest BCUT2D eigenvalue weighted by Gasteiger charge is 2.39. The maximum Gasteiger partial charge on any atom is 0.166 e. The van der Waals surface area contributed by atoms with Gasteiger partial charge < -0.3 is 9.80 Å². The van der Waals surface area contributed by atoms with Crippen LogP contribution in [0.25, 0.3) is 45.3 Å². The molecule has 11 rings (SSSR count). The SMILES string of the molecule is CC1(C)c2ccccc2N(c2ccc(-c3ccccc3C#N)cc2-c2nc(-c3ccccc3)nc(-c3ccc(C#N)cc3N3c4ccccc4C(C)(C)c4ccccc43)n2)c2ccccc21. The third-order valence-electron chi connectivity index (χ3n) is 13.4. The Morgan fingerprint density at radius 2 is 0.833 bits per heavy atom. The molecule has 0 N–H and O–H groups in total. The Labute approximate surface area is 385 Å². The van der Waals surface area contributed by atoms with Gasteiger partial charge in [-0.15, -0.1) is 0 Å². The summed E-state index contributed by atoms with van der Waals surface area (Å²) in [4.78, 5) is 20.7. The van der Waals surface area contributed by atoms with E-state index in [-0.39, 0.29) is 10.8 Å². The van der Waals surface area contributed by atoms with E-state index in [1.165, 1.54) is 22.3 Å². The summed E-state index contributed by atoms with van der Waals surface area (Å²) in [5, 5.41) is 20.8. The number of hydrogen-bond donors (Lipinski definition) is 0. The molecule has 2 aliphatic rings. The lowest BCUT2D eigenvalue weighted by molar-refractivity contribution is 0.632. The molecular weight excluding hydrogens is 807 g/mol. The summed E-state index contributed by atoms with van der Waals surface area (Å²) in [6, 6.07) is 68.8. The fourth-order valence-corrected chi connectivity index (χ4v) is 10.1. The third-order valence-corrected chi connectivity index (χ3v) is 13.4. The summed E-state index contributed by atoms with van der Waals surface area (Å²) in [6.07, 6.45) is 0. The first-order valence-electron chi connectivity index (χ1n) is 22.2. The van der Waals surface area contributed by atoms with Crippen LogP contribution in [0.5, 0.6) is 0 Å². The van der Waals surface area contributed by atoms with Crippen LogP contribution in [0.1, 0.15) is 61.1 Å². The molecule has 314 valence electrons. The Kier molecular flexibility index (Phi) is 9.46. The normalized spacial score (nSPS) is 13.9. The van der Waals surface area contributed by atoms with Crippen molar-refractivity contribution in [3.63, 3.8) is 0 Å². The van der Waals surface area contributed by atoms with Crippen molar-refractivity contribution in [2.24, 2.45) is 0 Å². The first-order chi connectivity index (χ1) is 32.2. The molecule has 3 heterocycles. The van der Waals surface area contributed by atoms with Crippen LogP contribution in [-0.2, 0) is 10.8 Å². The molecule has 7 heteroatoms. The van der Waals surface area contributed by atoms with Crippen molar-refractivity contribution < 1.29 is 0 Å². The van der Waals surface area contributed by atoms with Gasteiger partial charge in [-0.2, -0.15) is 10.5 Å². The van der Waals surface area contributed by atoms with Crippen molar-refractivity contribution >= 4 is 34.1 Å². The van der Waals surface area contributed by atoms with E-state index >= 15 is 0 Å². The van der Waals surface area contributed by atoms with Crippen molar-refractivity contribution in [2.45, 2.75) is 38.5 Å². The summed E-state index contributed by atoms with van der Waals surface area (Å²) in [5.41, 5.74) is 15.1. The number of hydrogen-bond acceptors (Lipinski definition) is 7. The number of benzene rings is 8. The zero-order valence-corrected chi connectivity index (χ0v) is 37.0. The highest BCUT2D eigenvalue weighted by atomic mass is 15.2. The van der Waals surface area contributed by atoms with E-state index in [2.05, 4.69) is 165 Å². The number of anilines is 6. The Morgan fingerprint density at radius 1 is 0.364 bits per heavy atom. The largest absolute Gasteiger partial charge is 0.309 e. The lowest BCUT2D eigenvalue weighted by Crippen LogP contribution is -2.30. The minimum atomic E-state index is -0.288. The third kappa shape index (κ3) is 6.36. The van der Waals surface area contributed by atoms with Gasteiger partial charge in [-0.05, 0) is 94.0 Å². The van der Waals surface area contributed by atoms with Crippen LogP contribution < -0.4 is 9.80 Å². The maximum atomic E-state index is 10.4. The summed E-state index contributed by atoms with van der Waals surface area (Å²) in [6.45, 7) is 9.09. The van der Waals surface area contributed by atoms with Crippen LogP contribution in [0.15, 0.2) is 188 Å². The molecule has 0 saturated carbocycles. The van der Waals surface area contributed by atoms with Crippen molar-refractivity contribution in [1.29, 1.82) is 10.5 Å². The average molecular weight is 850 g/mol. The summed E-state index contributed by atoms with van der Waals surface area (Å²) < 4.78 is 0. The van der Waals surface area contributed by atoms with Gasteiger partial charge in [-0.25, -0.2) is 15.0 Å². The highest BCUT2D eigenvalue weighted by Crippen LogP contribution is 2.55. The van der Waals surface area contributed by atoms with Gasteiger partial charge in [0.15, 0.2) is 17.5 Å². The van der Waals surface area contributed by atoms with Crippen molar-refractivity contribution in [1.82, 2.24) is 15.0 Å². The second-order valence-corrected chi connectivity index (χ2v) is 17.9. The molecule has 0 amide bonds. The molecule has 0 fully saturated rings. The smallest absolute Gasteiger partial charge is 0.166 e. The molecule has 1 aromatic heterocycles. The summed E-state index contributed by atoms with van der Waals surface area (Å²) in [7, 11) is 0. The summed E-state index contributed by atoms with van der Waals surface area (Å²) in [5.74, 6) is 1.41. The average Bonchev–Trinajstić information content (AvgIpc) is 3.37. The molecule has 0 atom stereocenters. The molecule has 0 radical (unpaired) electrons. The predicted molar refractivity (Wildman–Crippen MR) is 265 cm³/mol. The Balaban J connectivity index is 1.21. The predicted octanol–water partition coefficient (Wildman–Crippen LogP) is 14.5. The number of para-hydroxylation sites is 4. The minimum absolute atomic E-state index is 0.275. The van der Waals surface area contributed by atoms with Crippen LogP contribution in [0, 0.1) is 22.7 Å². The topological polar surface area (TPSA) is 92.7 Å². The monoisotopic (exact) mass is 849 g/mol. The van der Waals surface area contributed by atoms with Gasteiger partial charge in [0.25, 0.3) is 0 Å². The first-order valence-corrected chi connectivity index (χ1v) is 22.2. The van der Waals surface area contributed by atoms with E-state index in [9.17, 15) is 10.5 Å².